The van der Waals surface area contributed by atoms with Crippen molar-refractivity contribution < 1.29 is 9.13 Å². The summed E-state index contributed by atoms with van der Waals surface area (Å²) < 4.78 is 19.7. The van der Waals surface area contributed by atoms with Crippen LogP contribution >= 0.6 is 0 Å². The molecule has 0 bridgehead atoms. The number of hydrogen-bond donors (Lipinski definition) is 1. The van der Waals surface area contributed by atoms with Crippen LogP contribution in [0.5, 0.6) is 0 Å². The van der Waals surface area contributed by atoms with Gasteiger partial charge in [0.25, 0.3) is 0 Å². The van der Waals surface area contributed by atoms with Gasteiger partial charge in [0.2, 0.25) is 0 Å². The molecular weight excluding hydrogens is 265 g/mol. The van der Waals surface area contributed by atoms with Crippen molar-refractivity contribution in [3.05, 3.63) is 71.5 Å². The third-order valence-corrected chi connectivity index (χ3v) is 3.44. The van der Waals surface area contributed by atoms with E-state index in [0.717, 1.165) is 12.8 Å². The first kappa shape index (κ1) is 15.7. The third-order valence-electron chi connectivity index (χ3n) is 3.44. The van der Waals surface area contributed by atoms with Crippen LogP contribution in [0.3, 0.4) is 0 Å². The van der Waals surface area contributed by atoms with Crippen LogP contribution in [-0.2, 0) is 11.2 Å². The highest BCUT2D eigenvalue weighted by Gasteiger charge is 2.19. The molecule has 0 aliphatic heterocycles. The van der Waals surface area contributed by atoms with E-state index in [1.165, 1.54) is 11.6 Å². The van der Waals surface area contributed by atoms with Gasteiger partial charge in [-0.25, -0.2) is 4.39 Å². The maximum atomic E-state index is 13.8. The van der Waals surface area contributed by atoms with Gasteiger partial charge in [0.15, 0.2) is 0 Å². The number of benzene rings is 2. The summed E-state index contributed by atoms with van der Waals surface area (Å²) in [6, 6.07) is 16.7. The van der Waals surface area contributed by atoms with Gasteiger partial charge in [-0.05, 0) is 31.4 Å². The predicted molar refractivity (Wildman–Crippen MR) is 83.5 cm³/mol. The highest BCUT2D eigenvalue weighted by atomic mass is 19.1. The first-order valence-electron chi connectivity index (χ1n) is 7.34. The molecule has 0 spiro atoms. The van der Waals surface area contributed by atoms with Gasteiger partial charge in [-0.2, -0.15) is 0 Å². The van der Waals surface area contributed by atoms with E-state index >= 15 is 0 Å². The Labute approximate surface area is 125 Å². The van der Waals surface area contributed by atoms with E-state index < -0.39 is 6.10 Å². The SMILES string of the molecule is CC(N)C(OCCCc1ccccc1)c1ccccc1F. The number of nitrogens with two attached hydrogens (primary N) is 1. The minimum absolute atomic E-state index is 0.251. The summed E-state index contributed by atoms with van der Waals surface area (Å²) in [5.74, 6) is -0.261. The van der Waals surface area contributed by atoms with Crippen LogP contribution < -0.4 is 5.73 Å². The molecule has 0 aromatic heterocycles. The molecule has 0 aliphatic rings. The Bertz CT molecular complexity index is 542. The Hall–Kier alpha value is -1.71. The minimum atomic E-state index is -0.401. The van der Waals surface area contributed by atoms with Gasteiger partial charge in [-0.15, -0.1) is 0 Å². The molecule has 2 rings (SSSR count). The maximum absolute atomic E-state index is 13.8. The van der Waals surface area contributed by atoms with E-state index in [1.807, 2.05) is 25.1 Å². The molecule has 3 heteroatoms. The number of hydrogen-bond acceptors (Lipinski definition) is 2. The van der Waals surface area contributed by atoms with E-state index in [9.17, 15) is 4.39 Å². The molecule has 0 saturated carbocycles. The molecule has 0 saturated heterocycles. The Kier molecular flexibility index (Phi) is 5.90. The average molecular weight is 287 g/mol. The molecule has 2 atom stereocenters. The van der Waals surface area contributed by atoms with Crippen molar-refractivity contribution in [2.45, 2.75) is 31.9 Å². The maximum Gasteiger partial charge on any atom is 0.129 e. The van der Waals surface area contributed by atoms with Crippen molar-refractivity contribution in [1.29, 1.82) is 0 Å². The van der Waals surface area contributed by atoms with Crippen molar-refractivity contribution >= 4 is 0 Å². The summed E-state index contributed by atoms with van der Waals surface area (Å²) in [7, 11) is 0. The van der Waals surface area contributed by atoms with E-state index in [-0.39, 0.29) is 11.9 Å². The second kappa shape index (κ2) is 7.91. The van der Waals surface area contributed by atoms with Crippen LogP contribution in [0.15, 0.2) is 54.6 Å². The lowest BCUT2D eigenvalue weighted by molar-refractivity contribution is 0.0346. The van der Waals surface area contributed by atoms with Crippen LogP contribution in [0.4, 0.5) is 4.39 Å². The second-order valence-corrected chi connectivity index (χ2v) is 5.26. The lowest BCUT2D eigenvalue weighted by Crippen LogP contribution is -2.28. The molecule has 2 unspecified atom stereocenters. The van der Waals surface area contributed by atoms with Crippen molar-refractivity contribution in [2.24, 2.45) is 5.73 Å². The van der Waals surface area contributed by atoms with Gasteiger partial charge in [-0.3, -0.25) is 0 Å². The average Bonchev–Trinajstić information content (AvgIpc) is 2.49. The zero-order valence-corrected chi connectivity index (χ0v) is 12.3. The summed E-state index contributed by atoms with van der Waals surface area (Å²) >= 11 is 0. The third kappa shape index (κ3) is 4.66. The van der Waals surface area contributed by atoms with Crippen molar-refractivity contribution in [3.8, 4) is 0 Å². The van der Waals surface area contributed by atoms with Crippen LogP contribution in [0, 0.1) is 5.82 Å². The Balaban J connectivity index is 1.88. The van der Waals surface area contributed by atoms with Gasteiger partial charge in [0.1, 0.15) is 11.9 Å². The zero-order chi connectivity index (χ0) is 15.1. The van der Waals surface area contributed by atoms with Crippen molar-refractivity contribution in [2.75, 3.05) is 6.61 Å². The van der Waals surface area contributed by atoms with Crippen molar-refractivity contribution in [1.82, 2.24) is 0 Å². The Morgan fingerprint density at radius 3 is 2.38 bits per heavy atom. The fourth-order valence-electron chi connectivity index (χ4n) is 2.36. The van der Waals surface area contributed by atoms with Crippen LogP contribution in [0.2, 0.25) is 0 Å². The highest BCUT2D eigenvalue weighted by molar-refractivity contribution is 5.21. The fourth-order valence-corrected chi connectivity index (χ4v) is 2.36. The molecule has 0 aliphatic carbocycles. The second-order valence-electron chi connectivity index (χ2n) is 5.26. The quantitative estimate of drug-likeness (QED) is 0.785. The smallest absolute Gasteiger partial charge is 0.129 e. The standard InChI is InChI=1S/C18H22FNO/c1-14(20)18(16-11-5-6-12-17(16)19)21-13-7-10-15-8-3-2-4-9-15/h2-6,8-9,11-12,14,18H,7,10,13,20H2,1H3. The molecular formula is C18H22FNO. The van der Waals surface area contributed by atoms with Crippen molar-refractivity contribution in [3.63, 3.8) is 0 Å². The largest absolute Gasteiger partial charge is 0.372 e. The summed E-state index contributed by atoms with van der Waals surface area (Å²) in [6.07, 6.45) is 1.44. The normalized spacial score (nSPS) is 13.9. The summed E-state index contributed by atoms with van der Waals surface area (Å²) in [5, 5.41) is 0. The van der Waals surface area contributed by atoms with Crippen LogP contribution in [-0.4, -0.2) is 12.6 Å². The Morgan fingerprint density at radius 2 is 1.71 bits per heavy atom. The predicted octanol–water partition coefficient (Wildman–Crippen LogP) is 3.86. The van der Waals surface area contributed by atoms with Crippen LogP contribution in [0.1, 0.15) is 30.6 Å². The molecule has 2 aromatic rings. The molecule has 0 heterocycles. The number of halogens is 1. The summed E-state index contributed by atoms with van der Waals surface area (Å²) in [4.78, 5) is 0. The number of ether oxygens (including phenoxy) is 1. The van der Waals surface area contributed by atoms with Gasteiger partial charge in [-0.1, -0.05) is 48.5 Å². The topological polar surface area (TPSA) is 35.2 Å². The van der Waals surface area contributed by atoms with E-state index in [1.54, 1.807) is 18.2 Å². The van der Waals surface area contributed by atoms with E-state index in [2.05, 4.69) is 12.1 Å². The molecule has 0 amide bonds. The lowest BCUT2D eigenvalue weighted by Gasteiger charge is -2.22. The van der Waals surface area contributed by atoms with Gasteiger partial charge in [0, 0.05) is 18.2 Å². The molecule has 112 valence electrons. The monoisotopic (exact) mass is 287 g/mol. The fraction of sp³-hybridized carbons (Fsp3) is 0.333. The van der Waals surface area contributed by atoms with Gasteiger partial charge in [0.05, 0.1) is 0 Å². The molecule has 21 heavy (non-hydrogen) atoms. The number of rotatable bonds is 7. The molecule has 2 N–H and O–H groups in total. The van der Waals surface area contributed by atoms with E-state index in [0.29, 0.717) is 12.2 Å². The highest BCUT2D eigenvalue weighted by Crippen LogP contribution is 2.23. The summed E-state index contributed by atoms with van der Waals surface area (Å²) in [5.41, 5.74) is 7.76. The van der Waals surface area contributed by atoms with Crippen LogP contribution in [0.25, 0.3) is 0 Å². The summed E-state index contributed by atoms with van der Waals surface area (Å²) in [6.45, 7) is 2.41. The molecule has 2 aromatic carbocycles. The lowest BCUT2D eigenvalue weighted by atomic mass is 10.0. The van der Waals surface area contributed by atoms with Gasteiger partial charge >= 0.3 is 0 Å². The van der Waals surface area contributed by atoms with Gasteiger partial charge < -0.3 is 10.5 Å². The first-order chi connectivity index (χ1) is 10.2. The molecule has 0 fully saturated rings. The molecule has 2 nitrogen and oxygen atoms in total. The van der Waals surface area contributed by atoms with E-state index in [4.69, 9.17) is 10.5 Å². The Morgan fingerprint density at radius 1 is 1.05 bits per heavy atom. The zero-order valence-electron chi connectivity index (χ0n) is 12.3. The molecule has 0 radical (unpaired) electrons. The number of aryl methyl sites for hydroxylation is 1. The minimum Gasteiger partial charge on any atom is -0.372 e. The first-order valence-corrected chi connectivity index (χ1v) is 7.34.